The monoisotopic (exact) mass is 465 g/mol. The van der Waals surface area contributed by atoms with Crippen LogP contribution in [-0.4, -0.2) is 48.4 Å². The second-order valence-corrected chi connectivity index (χ2v) is 12.6. The van der Waals surface area contributed by atoms with Crippen molar-refractivity contribution in [1.82, 2.24) is 9.46 Å². The molecule has 1 heterocycles. The summed E-state index contributed by atoms with van der Waals surface area (Å²) in [6.45, 7) is 5.84. The Morgan fingerprint density at radius 2 is 1.97 bits per heavy atom. The average molecular weight is 466 g/mol. The van der Waals surface area contributed by atoms with Crippen LogP contribution in [0.25, 0.3) is 0 Å². The number of carbonyl (C=O) groups excluding carboxylic acids is 2. The minimum absolute atomic E-state index is 0.0717. The molecule has 2 bridgehead atoms. The molecule has 9 heteroatoms. The molecule has 1 amide bonds. The Kier molecular flexibility index (Phi) is 6.26. The Morgan fingerprint density at radius 3 is 2.53 bits per heavy atom. The minimum atomic E-state index is -3.83. The van der Waals surface area contributed by atoms with Crippen molar-refractivity contribution >= 4 is 27.5 Å². The van der Waals surface area contributed by atoms with Crippen LogP contribution < -0.4 is 5.32 Å². The van der Waals surface area contributed by atoms with Gasteiger partial charge in [-0.25, -0.2) is 8.42 Å². The maximum absolute atomic E-state index is 13.7. The summed E-state index contributed by atoms with van der Waals surface area (Å²) in [5.74, 6) is 0.734. The van der Waals surface area contributed by atoms with Gasteiger partial charge in [0.15, 0.2) is 5.82 Å². The summed E-state index contributed by atoms with van der Waals surface area (Å²) in [4.78, 5) is 25.7. The molecule has 1 aromatic rings. The Bertz CT molecular complexity index is 980. The van der Waals surface area contributed by atoms with Gasteiger partial charge in [0, 0.05) is 24.4 Å². The van der Waals surface area contributed by atoms with Crippen molar-refractivity contribution in [3.8, 4) is 0 Å². The zero-order valence-corrected chi connectivity index (χ0v) is 20.2. The molecule has 8 nitrogen and oxygen atoms in total. The number of Topliss-reactive ketones (excluding diaryl/α,β-unsaturated/α-hetero) is 1. The summed E-state index contributed by atoms with van der Waals surface area (Å²) >= 11 is 0. The third kappa shape index (κ3) is 4.25. The number of anilines is 1. The van der Waals surface area contributed by atoms with E-state index in [-0.39, 0.29) is 41.1 Å². The maximum Gasteiger partial charge on any atom is 0.240 e. The third-order valence-electron chi connectivity index (χ3n) is 8.36. The number of nitrogens with zero attached hydrogens (tertiary/aromatic N) is 2. The number of sulfonamides is 1. The highest BCUT2D eigenvalue weighted by atomic mass is 32.2. The number of aromatic nitrogens is 1. The first kappa shape index (κ1) is 23.4. The maximum atomic E-state index is 13.7. The average Bonchev–Trinajstić information content (AvgIpc) is 3.29. The second kappa shape index (κ2) is 8.56. The van der Waals surface area contributed by atoms with Crippen LogP contribution >= 0.6 is 0 Å². The molecule has 0 aromatic carbocycles. The molecule has 3 saturated carbocycles. The lowest BCUT2D eigenvalue weighted by molar-refractivity contribution is -0.128. The Morgan fingerprint density at radius 1 is 1.25 bits per heavy atom. The standard InChI is InChI=1S/C23H35N3O5S/c1-16-11-20(25-31-16)24-21(28)14-26(13-17-7-5-4-6-8-17)32(29,30)15-23-10-9-18(12-19(23)27)22(23,2)3/h11,17-18H,4-10,12-15H2,1-3H3,(H,24,25,28). The first-order valence-corrected chi connectivity index (χ1v) is 13.4. The van der Waals surface area contributed by atoms with Crippen molar-refractivity contribution in [3.05, 3.63) is 11.8 Å². The molecule has 0 spiro atoms. The summed E-state index contributed by atoms with van der Waals surface area (Å²) in [7, 11) is -3.83. The van der Waals surface area contributed by atoms with Crippen LogP contribution in [0.3, 0.4) is 0 Å². The smallest absolute Gasteiger partial charge is 0.240 e. The molecule has 3 aliphatic rings. The van der Waals surface area contributed by atoms with E-state index < -0.39 is 21.3 Å². The lowest BCUT2D eigenvalue weighted by Gasteiger charge is -2.38. The van der Waals surface area contributed by atoms with Gasteiger partial charge in [-0.2, -0.15) is 4.31 Å². The first-order valence-electron chi connectivity index (χ1n) is 11.8. The van der Waals surface area contributed by atoms with E-state index in [1.807, 2.05) is 13.8 Å². The van der Waals surface area contributed by atoms with Crippen LogP contribution in [0.2, 0.25) is 0 Å². The number of fused-ring (bicyclic) bond motifs is 2. The molecule has 3 aliphatic carbocycles. The van der Waals surface area contributed by atoms with Crippen molar-refractivity contribution < 1.29 is 22.5 Å². The molecule has 0 saturated heterocycles. The highest BCUT2D eigenvalue weighted by Gasteiger charge is 2.65. The van der Waals surface area contributed by atoms with Gasteiger partial charge in [0.2, 0.25) is 15.9 Å². The molecule has 2 unspecified atom stereocenters. The van der Waals surface area contributed by atoms with Crippen molar-refractivity contribution in [2.45, 2.75) is 72.1 Å². The van der Waals surface area contributed by atoms with Crippen LogP contribution in [0.4, 0.5) is 5.82 Å². The number of nitrogens with one attached hydrogen (secondary N) is 1. The predicted molar refractivity (Wildman–Crippen MR) is 120 cm³/mol. The fraction of sp³-hybridized carbons (Fsp3) is 0.783. The second-order valence-electron chi connectivity index (χ2n) is 10.6. The lowest BCUT2D eigenvalue weighted by atomic mass is 9.70. The van der Waals surface area contributed by atoms with Gasteiger partial charge in [0.1, 0.15) is 11.5 Å². The van der Waals surface area contributed by atoms with Gasteiger partial charge in [-0.1, -0.05) is 38.3 Å². The summed E-state index contributed by atoms with van der Waals surface area (Å²) < 4.78 is 33.8. The zero-order valence-electron chi connectivity index (χ0n) is 19.4. The normalized spacial score (nSPS) is 27.9. The number of carbonyl (C=O) groups is 2. The van der Waals surface area contributed by atoms with Crippen molar-refractivity contribution in [1.29, 1.82) is 0 Å². The number of hydrogen-bond donors (Lipinski definition) is 1. The molecule has 0 aliphatic heterocycles. The van der Waals surface area contributed by atoms with Crippen LogP contribution in [0.15, 0.2) is 10.6 Å². The predicted octanol–water partition coefficient (Wildman–Crippen LogP) is 3.53. The molecular weight excluding hydrogens is 430 g/mol. The number of rotatable bonds is 8. The van der Waals surface area contributed by atoms with E-state index in [1.54, 1.807) is 13.0 Å². The zero-order chi connectivity index (χ0) is 23.1. The van der Waals surface area contributed by atoms with Gasteiger partial charge in [0.05, 0.1) is 12.3 Å². The van der Waals surface area contributed by atoms with Gasteiger partial charge in [-0.3, -0.25) is 9.59 Å². The topological polar surface area (TPSA) is 110 Å². The number of aryl methyl sites for hydroxylation is 1. The molecule has 0 radical (unpaired) electrons. The molecule has 4 rings (SSSR count). The molecular formula is C23H35N3O5S. The van der Waals surface area contributed by atoms with Crippen molar-refractivity contribution in [3.63, 3.8) is 0 Å². The van der Waals surface area contributed by atoms with E-state index in [1.165, 1.54) is 10.7 Å². The number of hydrogen-bond acceptors (Lipinski definition) is 6. The molecule has 2 atom stereocenters. The molecule has 32 heavy (non-hydrogen) atoms. The largest absolute Gasteiger partial charge is 0.360 e. The van der Waals surface area contributed by atoms with E-state index in [0.717, 1.165) is 32.1 Å². The molecule has 178 valence electrons. The van der Waals surface area contributed by atoms with Gasteiger partial charge in [-0.05, 0) is 49.9 Å². The van der Waals surface area contributed by atoms with E-state index in [0.29, 0.717) is 25.1 Å². The van der Waals surface area contributed by atoms with Gasteiger partial charge >= 0.3 is 0 Å². The van der Waals surface area contributed by atoms with E-state index >= 15 is 0 Å². The quantitative estimate of drug-likeness (QED) is 0.629. The lowest BCUT2D eigenvalue weighted by Crippen LogP contribution is -2.49. The minimum Gasteiger partial charge on any atom is -0.360 e. The Labute approximate surface area is 190 Å². The van der Waals surface area contributed by atoms with Gasteiger partial charge in [0.25, 0.3) is 0 Å². The van der Waals surface area contributed by atoms with E-state index in [2.05, 4.69) is 10.5 Å². The van der Waals surface area contributed by atoms with Crippen LogP contribution in [0.5, 0.6) is 0 Å². The van der Waals surface area contributed by atoms with Gasteiger partial charge in [-0.15, -0.1) is 0 Å². The summed E-state index contributed by atoms with van der Waals surface area (Å²) in [6, 6.07) is 1.59. The number of amides is 1. The number of ketones is 1. The van der Waals surface area contributed by atoms with Crippen LogP contribution in [-0.2, 0) is 19.6 Å². The highest BCUT2D eigenvalue weighted by molar-refractivity contribution is 7.89. The summed E-state index contributed by atoms with van der Waals surface area (Å²) in [6.07, 6.45) is 7.24. The SMILES string of the molecule is Cc1cc(NC(=O)CN(CC2CCCCC2)S(=O)(=O)CC23CCC(CC2=O)C3(C)C)no1. The van der Waals surface area contributed by atoms with Crippen molar-refractivity contribution in [2.24, 2.45) is 22.7 Å². The van der Waals surface area contributed by atoms with Crippen molar-refractivity contribution in [2.75, 3.05) is 24.2 Å². The summed E-state index contributed by atoms with van der Waals surface area (Å²) in [5.41, 5.74) is -1.19. The fourth-order valence-corrected chi connectivity index (χ4v) is 8.45. The molecule has 1 aromatic heterocycles. The van der Waals surface area contributed by atoms with Crippen LogP contribution in [0.1, 0.15) is 71.0 Å². The summed E-state index contributed by atoms with van der Waals surface area (Å²) in [5, 5.41) is 6.40. The van der Waals surface area contributed by atoms with Crippen LogP contribution in [0, 0.1) is 29.6 Å². The Hall–Kier alpha value is -1.74. The third-order valence-corrected chi connectivity index (χ3v) is 10.3. The first-order chi connectivity index (χ1) is 15.0. The molecule has 1 N–H and O–H groups in total. The molecule has 3 fully saturated rings. The van der Waals surface area contributed by atoms with Gasteiger partial charge < -0.3 is 9.84 Å². The fourth-order valence-electron chi connectivity index (χ4n) is 6.21. The van der Waals surface area contributed by atoms with E-state index in [4.69, 9.17) is 4.52 Å². The Balaban J connectivity index is 1.55. The van der Waals surface area contributed by atoms with E-state index in [9.17, 15) is 18.0 Å². The highest BCUT2D eigenvalue weighted by Crippen LogP contribution is 2.64.